The van der Waals surface area contributed by atoms with Crippen molar-refractivity contribution >= 4 is 15.8 Å². The molecule has 3 aromatic carbocycles. The molecule has 10 heteroatoms. The summed E-state index contributed by atoms with van der Waals surface area (Å²) in [5, 5.41) is 11.5. The van der Waals surface area contributed by atoms with Gasteiger partial charge in [0.15, 0.2) is 0 Å². The molecule has 0 aliphatic heterocycles. The fourth-order valence-corrected chi connectivity index (χ4v) is 4.42. The van der Waals surface area contributed by atoms with E-state index in [9.17, 15) is 31.7 Å². The second kappa shape index (κ2) is 13.9. The maximum absolute atomic E-state index is 13.6. The third-order valence-electron chi connectivity index (χ3n) is 5.57. The highest BCUT2D eigenvalue weighted by molar-refractivity contribution is 7.85. The van der Waals surface area contributed by atoms with E-state index in [0.717, 1.165) is 25.0 Å². The first kappa shape index (κ1) is 30.0. The van der Waals surface area contributed by atoms with Gasteiger partial charge < -0.3 is 0 Å². The van der Waals surface area contributed by atoms with E-state index in [1.807, 2.05) is 0 Å². The molecule has 200 valence electrons. The number of hydrogen-bond acceptors (Lipinski definition) is 4. The fourth-order valence-electron chi connectivity index (χ4n) is 3.85. The van der Waals surface area contributed by atoms with Gasteiger partial charge in [-0.15, -0.1) is 0 Å². The number of hydrogen-bond donors (Lipinski definition) is 1. The van der Waals surface area contributed by atoms with Crippen molar-refractivity contribution in [1.29, 1.82) is 0 Å². The summed E-state index contributed by atoms with van der Waals surface area (Å²) in [4.78, 5) is 10.8. The lowest BCUT2D eigenvalue weighted by Gasteiger charge is -2.17. The Labute approximate surface area is 215 Å². The van der Waals surface area contributed by atoms with Crippen molar-refractivity contribution in [2.45, 2.75) is 51.6 Å². The molecule has 0 saturated heterocycles. The van der Waals surface area contributed by atoms with E-state index in [1.54, 1.807) is 48.5 Å². The van der Waals surface area contributed by atoms with Crippen LogP contribution < -0.4 is 0 Å². The van der Waals surface area contributed by atoms with Crippen LogP contribution in [-0.4, -0.2) is 23.6 Å². The number of halogens is 3. The molecule has 3 rings (SSSR count). The Morgan fingerprint density at radius 2 is 1.27 bits per heavy atom. The van der Waals surface area contributed by atoms with Crippen molar-refractivity contribution in [2.24, 2.45) is 0 Å². The lowest BCUT2D eigenvalue weighted by atomic mass is 9.89. The topological polar surface area (TPSA) is 97.5 Å². The second-order valence-electron chi connectivity index (χ2n) is 8.42. The summed E-state index contributed by atoms with van der Waals surface area (Å²) in [5.74, 6) is -0.0842. The van der Waals surface area contributed by atoms with Crippen LogP contribution >= 0.6 is 0 Å². The molecule has 37 heavy (non-hydrogen) atoms. The van der Waals surface area contributed by atoms with Crippen molar-refractivity contribution in [3.05, 3.63) is 88.5 Å². The summed E-state index contributed by atoms with van der Waals surface area (Å²) >= 11 is 0. The van der Waals surface area contributed by atoms with Crippen molar-refractivity contribution in [3.63, 3.8) is 0 Å². The van der Waals surface area contributed by atoms with Crippen LogP contribution in [0.25, 0.3) is 22.3 Å². The minimum Gasteiger partial charge on any atom is -0.286 e. The largest absolute Gasteiger partial charge is 0.417 e. The van der Waals surface area contributed by atoms with Crippen LogP contribution in [0.1, 0.15) is 51.0 Å². The molecule has 0 spiro atoms. The normalized spacial score (nSPS) is 11.5. The third kappa shape index (κ3) is 9.62. The van der Waals surface area contributed by atoms with Gasteiger partial charge >= 0.3 is 6.18 Å². The van der Waals surface area contributed by atoms with Gasteiger partial charge in [-0.3, -0.25) is 14.7 Å². The monoisotopic (exact) mass is 537 g/mol. The summed E-state index contributed by atoms with van der Waals surface area (Å²) in [5.41, 5.74) is -0.849. The first-order valence-electron chi connectivity index (χ1n) is 11.9. The average Bonchev–Trinajstić information content (AvgIpc) is 2.85. The quantitative estimate of drug-likeness (QED) is 0.122. The number of nitrogens with zero attached hydrogens (tertiary/aromatic N) is 1. The average molecular weight is 538 g/mol. The van der Waals surface area contributed by atoms with Crippen molar-refractivity contribution in [1.82, 2.24) is 0 Å². The second-order valence-corrected chi connectivity index (χ2v) is 10.00. The van der Waals surface area contributed by atoms with Gasteiger partial charge in [-0.25, -0.2) is 0 Å². The molecule has 6 nitrogen and oxygen atoms in total. The molecule has 0 aliphatic rings. The Hall–Kier alpha value is -3.24. The van der Waals surface area contributed by atoms with Gasteiger partial charge in [0.05, 0.1) is 21.8 Å². The molecule has 0 aliphatic carbocycles. The maximum Gasteiger partial charge on any atom is 0.417 e. The Kier molecular flexibility index (Phi) is 11.3. The predicted octanol–water partition coefficient (Wildman–Crippen LogP) is 8.18. The predicted molar refractivity (Wildman–Crippen MR) is 139 cm³/mol. The highest BCUT2D eigenvalue weighted by Crippen LogP contribution is 2.46. The molecular formula is C27H30F3NO5S. The van der Waals surface area contributed by atoms with E-state index in [1.165, 1.54) is 31.4 Å². The highest BCUT2D eigenvalue weighted by atomic mass is 32.2. The summed E-state index contributed by atoms with van der Waals surface area (Å²) in [6.45, 7) is 2.14. The molecular weight excluding hydrogens is 507 g/mol. The lowest BCUT2D eigenvalue weighted by Crippen LogP contribution is -2.09. The molecule has 0 unspecified atom stereocenters. The first-order chi connectivity index (χ1) is 17.5. The summed E-state index contributed by atoms with van der Waals surface area (Å²) in [6, 6.07) is 17.7. The van der Waals surface area contributed by atoms with E-state index in [-0.39, 0.29) is 28.1 Å². The molecule has 0 fully saturated rings. The van der Waals surface area contributed by atoms with Gasteiger partial charge in [-0.1, -0.05) is 99.7 Å². The highest BCUT2D eigenvalue weighted by Gasteiger charge is 2.37. The summed E-state index contributed by atoms with van der Waals surface area (Å²) < 4.78 is 69.7. The van der Waals surface area contributed by atoms with Crippen molar-refractivity contribution in [2.75, 3.05) is 5.75 Å². The number of benzene rings is 3. The number of alkyl halides is 3. The molecule has 0 saturated carbocycles. The van der Waals surface area contributed by atoms with Crippen LogP contribution in [0.2, 0.25) is 0 Å². The smallest absolute Gasteiger partial charge is 0.286 e. The van der Waals surface area contributed by atoms with Crippen LogP contribution in [0.3, 0.4) is 0 Å². The first-order valence-corrected chi connectivity index (χ1v) is 13.5. The van der Waals surface area contributed by atoms with Gasteiger partial charge in [0.25, 0.3) is 15.8 Å². The van der Waals surface area contributed by atoms with Crippen LogP contribution in [-0.2, 0) is 16.3 Å². The minimum atomic E-state index is -4.64. The van der Waals surface area contributed by atoms with Crippen LogP contribution in [0.15, 0.2) is 72.8 Å². The number of rotatable bonds is 10. The van der Waals surface area contributed by atoms with E-state index in [0.29, 0.717) is 12.0 Å². The summed E-state index contributed by atoms with van der Waals surface area (Å²) in [6.07, 6.45) is 1.50. The maximum atomic E-state index is 13.6. The fraction of sp³-hybridized carbons (Fsp3) is 0.333. The summed E-state index contributed by atoms with van der Waals surface area (Å²) in [7, 11) is -3.72. The SMILES string of the molecule is CCCCCCCCS(=O)(=O)O.O=[N+]([O-])c1ccc(C(F)(F)F)c(-c2ccccc2)c1-c1ccccc1. The van der Waals surface area contributed by atoms with Gasteiger partial charge in [0, 0.05) is 11.6 Å². The molecule has 0 aromatic heterocycles. The van der Waals surface area contributed by atoms with Crippen LogP contribution in [0.5, 0.6) is 0 Å². The van der Waals surface area contributed by atoms with Crippen molar-refractivity contribution in [3.8, 4) is 22.3 Å². The molecule has 1 N–H and O–H groups in total. The lowest BCUT2D eigenvalue weighted by molar-refractivity contribution is -0.384. The van der Waals surface area contributed by atoms with E-state index in [2.05, 4.69) is 6.92 Å². The molecule has 0 radical (unpaired) electrons. The standard InChI is InChI=1S/C19H12F3NO2.C8H18O3S/c20-19(21,22)15-11-12-16(23(24)25)18(14-9-5-2-6-10-14)17(15)13-7-3-1-4-8-13;1-2-3-4-5-6-7-8-12(9,10)11/h1-12H;2-8H2,1H3,(H,9,10,11). The molecule has 0 amide bonds. The van der Waals surface area contributed by atoms with Gasteiger partial charge in [0.2, 0.25) is 0 Å². The third-order valence-corrected chi connectivity index (χ3v) is 6.37. The Bertz CT molecular complexity index is 1250. The number of nitro benzene ring substituents is 1. The molecule has 0 bridgehead atoms. The van der Waals surface area contributed by atoms with E-state index in [4.69, 9.17) is 4.55 Å². The number of unbranched alkanes of at least 4 members (excludes halogenated alkanes) is 5. The van der Waals surface area contributed by atoms with Crippen LogP contribution in [0, 0.1) is 10.1 Å². The van der Waals surface area contributed by atoms with Gasteiger partial charge in [0.1, 0.15) is 0 Å². The number of nitro groups is 1. The molecule has 0 heterocycles. The Balaban J connectivity index is 0.000000341. The zero-order chi connectivity index (χ0) is 27.5. The molecule has 0 atom stereocenters. The Morgan fingerprint density at radius 1 is 0.784 bits per heavy atom. The minimum absolute atomic E-state index is 0.0355. The zero-order valence-corrected chi connectivity index (χ0v) is 21.3. The van der Waals surface area contributed by atoms with E-state index < -0.39 is 26.8 Å². The van der Waals surface area contributed by atoms with Crippen molar-refractivity contribution < 1.29 is 31.1 Å². The van der Waals surface area contributed by atoms with Gasteiger partial charge in [-0.2, -0.15) is 21.6 Å². The van der Waals surface area contributed by atoms with Gasteiger partial charge in [-0.05, 0) is 23.6 Å². The van der Waals surface area contributed by atoms with Crippen LogP contribution in [0.4, 0.5) is 18.9 Å². The molecule has 3 aromatic rings. The Morgan fingerprint density at radius 3 is 1.73 bits per heavy atom. The van der Waals surface area contributed by atoms with E-state index >= 15 is 0 Å². The zero-order valence-electron chi connectivity index (χ0n) is 20.4.